The molecule has 0 spiro atoms. The average molecular weight is 394 g/mol. The lowest BCUT2D eigenvalue weighted by atomic mass is 10.1. The van der Waals surface area contributed by atoms with Crippen LogP contribution in [0.25, 0.3) is 27.8 Å². The number of para-hydroxylation sites is 1. The number of hydrogen-bond donors (Lipinski definition) is 2. The van der Waals surface area contributed by atoms with E-state index in [1.54, 1.807) is 6.07 Å². The van der Waals surface area contributed by atoms with E-state index in [0.717, 1.165) is 16.8 Å². The molecule has 0 fully saturated rings. The van der Waals surface area contributed by atoms with Crippen LogP contribution in [0.5, 0.6) is 0 Å². The van der Waals surface area contributed by atoms with E-state index in [-0.39, 0.29) is 11.5 Å². The van der Waals surface area contributed by atoms with Crippen molar-refractivity contribution in [1.29, 1.82) is 0 Å². The Morgan fingerprint density at radius 2 is 1.77 bits per heavy atom. The van der Waals surface area contributed by atoms with Gasteiger partial charge < -0.3 is 10.3 Å². The predicted molar refractivity (Wildman–Crippen MR) is 118 cm³/mol. The van der Waals surface area contributed by atoms with Gasteiger partial charge in [-0.05, 0) is 24.6 Å². The maximum Gasteiger partial charge on any atom is 0.257 e. The van der Waals surface area contributed by atoms with E-state index in [9.17, 15) is 9.59 Å². The molecular weight excluding hydrogens is 376 g/mol. The number of carbonyl (C=O) groups excluding carboxylic acids is 1. The zero-order chi connectivity index (χ0) is 20.7. The Hall–Kier alpha value is -4.19. The molecule has 3 heterocycles. The van der Waals surface area contributed by atoms with Gasteiger partial charge in [0.2, 0.25) is 5.56 Å². The van der Waals surface area contributed by atoms with Crippen molar-refractivity contribution in [1.82, 2.24) is 14.4 Å². The molecule has 0 aliphatic rings. The first kappa shape index (κ1) is 17.9. The van der Waals surface area contributed by atoms with Crippen LogP contribution < -0.4 is 10.9 Å². The van der Waals surface area contributed by atoms with Crippen LogP contribution in [0.1, 0.15) is 15.9 Å². The van der Waals surface area contributed by atoms with Gasteiger partial charge in [0.1, 0.15) is 17.2 Å². The number of aryl methyl sites for hydroxylation is 1. The third-order valence-electron chi connectivity index (χ3n) is 5.12. The summed E-state index contributed by atoms with van der Waals surface area (Å²) >= 11 is 0. The van der Waals surface area contributed by atoms with Crippen molar-refractivity contribution in [3.05, 3.63) is 100 Å². The van der Waals surface area contributed by atoms with E-state index in [2.05, 4.69) is 10.3 Å². The maximum absolute atomic E-state index is 13.3. The number of aromatic amines is 1. The van der Waals surface area contributed by atoms with Gasteiger partial charge in [-0.25, -0.2) is 4.98 Å². The van der Waals surface area contributed by atoms with Gasteiger partial charge in [0.25, 0.3) is 5.91 Å². The predicted octanol–water partition coefficient (Wildman–Crippen LogP) is 4.40. The number of pyridine rings is 2. The Kier molecular flexibility index (Phi) is 4.17. The number of rotatable bonds is 3. The van der Waals surface area contributed by atoms with Gasteiger partial charge in [-0.3, -0.25) is 14.0 Å². The Labute approximate surface area is 171 Å². The highest BCUT2D eigenvalue weighted by atomic mass is 16.2. The largest absolute Gasteiger partial charge is 0.322 e. The van der Waals surface area contributed by atoms with Crippen LogP contribution in [0, 0.1) is 6.92 Å². The Morgan fingerprint density at radius 3 is 2.60 bits per heavy atom. The fourth-order valence-corrected chi connectivity index (χ4v) is 3.69. The second-order valence-corrected chi connectivity index (χ2v) is 7.11. The van der Waals surface area contributed by atoms with Crippen LogP contribution in [0.3, 0.4) is 0 Å². The standard InChI is InChI=1S/C24H18N4O2/c1-15-8-7-13-28-22(15)26-21(16-9-3-2-4-10-16)23(28)27-24(30)18-14-20(29)25-19-12-6-5-11-17(18)19/h2-14H,1H3,(H,25,29)(H,27,30). The maximum atomic E-state index is 13.3. The lowest BCUT2D eigenvalue weighted by Crippen LogP contribution is -2.18. The fraction of sp³-hybridized carbons (Fsp3) is 0.0417. The number of anilines is 1. The second kappa shape index (κ2) is 7.00. The fourth-order valence-electron chi connectivity index (χ4n) is 3.69. The SMILES string of the molecule is Cc1cccn2c(NC(=O)c3cc(=O)[nH]c4ccccc34)c(-c3ccccc3)nc12. The van der Waals surface area contributed by atoms with Crippen molar-refractivity contribution in [2.45, 2.75) is 6.92 Å². The summed E-state index contributed by atoms with van der Waals surface area (Å²) in [7, 11) is 0. The first-order valence-electron chi connectivity index (χ1n) is 9.58. The molecule has 0 atom stereocenters. The third-order valence-corrected chi connectivity index (χ3v) is 5.12. The van der Waals surface area contributed by atoms with Gasteiger partial charge in [-0.1, -0.05) is 54.6 Å². The molecule has 5 rings (SSSR count). The number of carbonyl (C=O) groups is 1. The minimum atomic E-state index is -0.363. The molecule has 0 saturated heterocycles. The molecule has 0 unspecified atom stereocenters. The molecule has 30 heavy (non-hydrogen) atoms. The summed E-state index contributed by atoms with van der Waals surface area (Å²) in [6, 6.07) is 22.2. The van der Waals surface area contributed by atoms with Gasteiger partial charge >= 0.3 is 0 Å². The average Bonchev–Trinajstić information content (AvgIpc) is 3.13. The summed E-state index contributed by atoms with van der Waals surface area (Å²) < 4.78 is 1.87. The number of hydrogen-bond acceptors (Lipinski definition) is 3. The van der Waals surface area contributed by atoms with E-state index >= 15 is 0 Å². The first-order chi connectivity index (χ1) is 14.6. The Morgan fingerprint density at radius 1 is 1.00 bits per heavy atom. The van der Waals surface area contributed by atoms with Crippen LogP contribution in [-0.4, -0.2) is 20.3 Å². The van der Waals surface area contributed by atoms with Crippen molar-refractivity contribution in [3.8, 4) is 11.3 Å². The summed E-state index contributed by atoms with van der Waals surface area (Å²) in [6.07, 6.45) is 1.87. The number of fused-ring (bicyclic) bond motifs is 2. The molecule has 1 amide bonds. The lowest BCUT2D eigenvalue weighted by Gasteiger charge is -2.10. The molecule has 2 N–H and O–H groups in total. The lowest BCUT2D eigenvalue weighted by molar-refractivity contribution is 0.102. The summed E-state index contributed by atoms with van der Waals surface area (Å²) in [5.41, 5.74) is 3.94. The summed E-state index contributed by atoms with van der Waals surface area (Å²) in [5, 5.41) is 3.69. The molecule has 5 aromatic rings. The highest BCUT2D eigenvalue weighted by Crippen LogP contribution is 2.30. The van der Waals surface area contributed by atoms with Crippen LogP contribution in [-0.2, 0) is 0 Å². The minimum absolute atomic E-state index is 0.316. The number of imidazole rings is 1. The van der Waals surface area contributed by atoms with Crippen molar-refractivity contribution >= 4 is 28.3 Å². The molecule has 0 aliphatic heterocycles. The quantitative estimate of drug-likeness (QED) is 0.476. The van der Waals surface area contributed by atoms with Crippen molar-refractivity contribution in [2.75, 3.05) is 5.32 Å². The Balaban J connectivity index is 1.69. The van der Waals surface area contributed by atoms with Gasteiger partial charge in [0.05, 0.1) is 5.56 Å². The summed E-state index contributed by atoms with van der Waals surface area (Å²) in [5.74, 6) is 0.201. The normalized spacial score (nSPS) is 11.1. The van der Waals surface area contributed by atoms with E-state index in [1.807, 2.05) is 78.2 Å². The van der Waals surface area contributed by atoms with E-state index in [1.165, 1.54) is 6.07 Å². The highest BCUT2D eigenvalue weighted by Gasteiger charge is 2.19. The molecule has 3 aromatic heterocycles. The number of nitrogens with one attached hydrogen (secondary N) is 2. The minimum Gasteiger partial charge on any atom is -0.322 e. The molecule has 2 aromatic carbocycles. The Bertz CT molecular complexity index is 1470. The van der Waals surface area contributed by atoms with Crippen LogP contribution in [0.2, 0.25) is 0 Å². The van der Waals surface area contributed by atoms with Crippen molar-refractivity contribution in [2.24, 2.45) is 0 Å². The molecule has 0 radical (unpaired) electrons. The van der Waals surface area contributed by atoms with Gasteiger partial charge in [-0.2, -0.15) is 0 Å². The van der Waals surface area contributed by atoms with Gasteiger partial charge in [0.15, 0.2) is 0 Å². The van der Waals surface area contributed by atoms with Crippen molar-refractivity contribution < 1.29 is 4.79 Å². The smallest absolute Gasteiger partial charge is 0.257 e. The summed E-state index contributed by atoms with van der Waals surface area (Å²) in [4.78, 5) is 32.9. The van der Waals surface area contributed by atoms with E-state index in [4.69, 9.17) is 4.98 Å². The van der Waals surface area contributed by atoms with Crippen LogP contribution in [0.4, 0.5) is 5.82 Å². The zero-order valence-electron chi connectivity index (χ0n) is 16.2. The zero-order valence-corrected chi connectivity index (χ0v) is 16.2. The molecule has 146 valence electrons. The van der Waals surface area contributed by atoms with Crippen LogP contribution in [0.15, 0.2) is 83.8 Å². The van der Waals surface area contributed by atoms with Crippen LogP contribution >= 0.6 is 0 Å². The van der Waals surface area contributed by atoms with Gasteiger partial charge in [-0.15, -0.1) is 0 Å². The molecule has 0 aliphatic carbocycles. The van der Waals surface area contributed by atoms with Gasteiger partial charge in [0, 0.05) is 28.7 Å². The van der Waals surface area contributed by atoms with E-state index < -0.39 is 0 Å². The number of H-pyrrole nitrogens is 1. The molecule has 6 nitrogen and oxygen atoms in total. The number of amides is 1. The summed E-state index contributed by atoms with van der Waals surface area (Å²) in [6.45, 7) is 1.98. The first-order valence-corrected chi connectivity index (χ1v) is 9.58. The molecular formula is C24H18N4O2. The number of aromatic nitrogens is 3. The molecule has 0 bridgehead atoms. The third kappa shape index (κ3) is 2.95. The second-order valence-electron chi connectivity index (χ2n) is 7.11. The highest BCUT2D eigenvalue weighted by molar-refractivity contribution is 6.13. The molecule has 6 heteroatoms. The monoisotopic (exact) mass is 394 g/mol. The van der Waals surface area contributed by atoms with E-state index in [0.29, 0.717) is 28.0 Å². The number of nitrogens with zero attached hydrogens (tertiary/aromatic N) is 2. The molecule has 0 saturated carbocycles. The van der Waals surface area contributed by atoms with Crippen molar-refractivity contribution in [3.63, 3.8) is 0 Å². The topological polar surface area (TPSA) is 79.3 Å². The number of benzene rings is 2.